The number of carbonyl (C=O) groups excluding carboxylic acids is 2. The monoisotopic (exact) mass is 443 g/mol. The first-order chi connectivity index (χ1) is 12.2. The van der Waals surface area contributed by atoms with E-state index in [1.165, 1.54) is 20.8 Å². The zero-order valence-corrected chi connectivity index (χ0v) is 16.2. The number of halogens is 7. The Morgan fingerprint density at radius 3 is 1.82 bits per heavy atom. The summed E-state index contributed by atoms with van der Waals surface area (Å²) in [6, 6.07) is 0. The second kappa shape index (κ2) is 8.47. The molecule has 0 rings (SSSR count). The van der Waals surface area contributed by atoms with Gasteiger partial charge in [0.15, 0.2) is 0 Å². The highest BCUT2D eigenvalue weighted by molar-refractivity contribution is 7.81. The van der Waals surface area contributed by atoms with Crippen LogP contribution in [0.5, 0.6) is 0 Å². The number of alkyl halides is 7. The molecule has 0 fully saturated rings. The second-order valence-electron chi connectivity index (χ2n) is 6.83. The average molecular weight is 443 g/mol. The predicted octanol–water partition coefficient (Wildman–Crippen LogP) is 3.84. The molecule has 0 spiro atoms. The van der Waals surface area contributed by atoms with Crippen LogP contribution in [-0.4, -0.2) is 47.2 Å². The summed E-state index contributed by atoms with van der Waals surface area (Å²) < 4.78 is 101. The first kappa shape index (κ1) is 26.5. The maximum atomic E-state index is 13.6. The second-order valence-corrected chi connectivity index (χ2v) is 7.39. The SMILES string of the molecule is C=C(C)C(=O)OC(OCCC(F)(F)C(F)(F)S)(C(=O)NC(C)(C)C)C(F)(F)F. The molecule has 0 aromatic carbocycles. The summed E-state index contributed by atoms with van der Waals surface area (Å²) in [7, 11) is 0. The quantitative estimate of drug-likeness (QED) is 0.197. The van der Waals surface area contributed by atoms with Gasteiger partial charge in [-0.25, -0.2) is 4.79 Å². The topological polar surface area (TPSA) is 64.6 Å². The molecule has 0 aliphatic carbocycles. The molecule has 1 amide bonds. The van der Waals surface area contributed by atoms with Crippen molar-refractivity contribution in [2.45, 2.75) is 62.8 Å². The fraction of sp³-hybridized carbons (Fsp3) is 0.733. The lowest BCUT2D eigenvalue weighted by Crippen LogP contribution is -2.64. The minimum Gasteiger partial charge on any atom is -0.412 e. The van der Waals surface area contributed by atoms with E-state index in [0.717, 1.165) is 6.92 Å². The Kier molecular flexibility index (Phi) is 8.02. The molecule has 0 radical (unpaired) electrons. The summed E-state index contributed by atoms with van der Waals surface area (Å²) in [5.74, 6) is -13.0. The van der Waals surface area contributed by atoms with E-state index in [4.69, 9.17) is 0 Å². The highest BCUT2D eigenvalue weighted by atomic mass is 32.1. The molecule has 13 heteroatoms. The molecule has 0 heterocycles. The van der Waals surface area contributed by atoms with E-state index < -0.39 is 59.2 Å². The van der Waals surface area contributed by atoms with Crippen LogP contribution in [0, 0.1) is 0 Å². The molecule has 0 saturated carbocycles. The first-order valence-corrected chi connectivity index (χ1v) is 8.01. The standard InChI is InChI=1S/C15H20F7NO4S/c1-8(2)9(24)27-13(14(18,19)20,10(25)23-11(3,4)5)26-7-6-12(16,17)15(21,22)28/h28H,1,6-7H2,2-5H3,(H,23,25). The van der Waals surface area contributed by atoms with Crippen molar-refractivity contribution in [3.05, 3.63) is 12.2 Å². The van der Waals surface area contributed by atoms with Crippen LogP contribution in [0.4, 0.5) is 30.7 Å². The van der Waals surface area contributed by atoms with Crippen molar-refractivity contribution >= 4 is 24.5 Å². The summed E-state index contributed by atoms with van der Waals surface area (Å²) in [5, 5.41) is -3.01. The van der Waals surface area contributed by atoms with Gasteiger partial charge in [-0.1, -0.05) is 19.2 Å². The molecule has 0 bridgehead atoms. The Labute approximate surface area is 162 Å². The molecule has 1 unspecified atom stereocenters. The molecule has 0 aromatic rings. The van der Waals surface area contributed by atoms with Gasteiger partial charge in [-0.15, -0.1) is 0 Å². The summed E-state index contributed by atoms with van der Waals surface area (Å²) in [4.78, 5) is 23.9. The van der Waals surface area contributed by atoms with Crippen molar-refractivity contribution < 1.29 is 49.8 Å². The molecule has 5 nitrogen and oxygen atoms in total. The molecule has 0 aromatic heterocycles. The van der Waals surface area contributed by atoms with Crippen LogP contribution in [0.1, 0.15) is 34.1 Å². The fourth-order valence-corrected chi connectivity index (χ4v) is 1.64. The van der Waals surface area contributed by atoms with E-state index in [1.807, 2.05) is 5.32 Å². The van der Waals surface area contributed by atoms with E-state index in [9.17, 15) is 40.3 Å². The Hall–Kier alpha value is -1.50. The fourth-order valence-electron chi connectivity index (χ4n) is 1.52. The maximum absolute atomic E-state index is 13.6. The number of amides is 1. The van der Waals surface area contributed by atoms with Gasteiger partial charge in [-0.3, -0.25) is 4.79 Å². The number of nitrogens with one attached hydrogen (secondary N) is 1. The van der Waals surface area contributed by atoms with Gasteiger partial charge in [-0.2, -0.15) is 30.7 Å². The van der Waals surface area contributed by atoms with Crippen molar-refractivity contribution in [1.82, 2.24) is 5.32 Å². The zero-order chi connectivity index (χ0) is 22.8. The lowest BCUT2D eigenvalue weighted by molar-refractivity contribution is -0.350. The number of thiol groups is 1. The molecule has 0 aliphatic rings. The minimum atomic E-state index is -5.74. The normalized spacial score (nSPS) is 15.6. The maximum Gasteiger partial charge on any atom is 0.466 e. The van der Waals surface area contributed by atoms with E-state index >= 15 is 0 Å². The Bertz CT molecular complexity index is 611. The Balaban J connectivity index is 5.96. The minimum absolute atomic E-state index is 0.562. The summed E-state index contributed by atoms with van der Waals surface area (Å²) in [6.45, 7) is 6.13. The lowest BCUT2D eigenvalue weighted by Gasteiger charge is -2.36. The highest BCUT2D eigenvalue weighted by Gasteiger charge is 2.67. The largest absolute Gasteiger partial charge is 0.466 e. The van der Waals surface area contributed by atoms with Crippen LogP contribution in [0.25, 0.3) is 0 Å². The number of carbonyl (C=O) groups is 2. The third-order valence-electron chi connectivity index (χ3n) is 2.91. The van der Waals surface area contributed by atoms with Crippen LogP contribution in [0.2, 0.25) is 0 Å². The van der Waals surface area contributed by atoms with Crippen molar-refractivity contribution in [1.29, 1.82) is 0 Å². The van der Waals surface area contributed by atoms with Crippen molar-refractivity contribution in [2.24, 2.45) is 0 Å². The third-order valence-corrected chi connectivity index (χ3v) is 3.23. The molecule has 1 atom stereocenters. The smallest absolute Gasteiger partial charge is 0.412 e. The van der Waals surface area contributed by atoms with E-state index in [1.54, 1.807) is 0 Å². The third kappa shape index (κ3) is 6.83. The first-order valence-electron chi connectivity index (χ1n) is 7.56. The Morgan fingerprint density at radius 2 is 1.50 bits per heavy atom. The number of hydrogen-bond acceptors (Lipinski definition) is 5. The van der Waals surface area contributed by atoms with Crippen LogP contribution in [-0.2, 0) is 19.1 Å². The molecular weight excluding hydrogens is 423 g/mol. The van der Waals surface area contributed by atoms with Gasteiger partial charge in [0.25, 0.3) is 0 Å². The number of hydrogen-bond donors (Lipinski definition) is 2. The van der Waals surface area contributed by atoms with Crippen LogP contribution >= 0.6 is 12.6 Å². The molecule has 0 saturated heterocycles. The number of ether oxygens (including phenoxy) is 2. The van der Waals surface area contributed by atoms with Crippen LogP contribution < -0.4 is 5.32 Å². The number of rotatable bonds is 8. The average Bonchev–Trinajstić information content (AvgIpc) is 2.40. The van der Waals surface area contributed by atoms with Crippen molar-refractivity contribution in [3.63, 3.8) is 0 Å². The molecule has 164 valence electrons. The van der Waals surface area contributed by atoms with Gasteiger partial charge < -0.3 is 14.8 Å². The Morgan fingerprint density at radius 1 is 1.04 bits per heavy atom. The molecule has 28 heavy (non-hydrogen) atoms. The summed E-state index contributed by atoms with van der Waals surface area (Å²) in [5.41, 5.74) is -1.85. The van der Waals surface area contributed by atoms with Crippen LogP contribution in [0.3, 0.4) is 0 Å². The van der Waals surface area contributed by atoms with Gasteiger partial charge in [0.2, 0.25) is 0 Å². The van der Waals surface area contributed by atoms with Crippen molar-refractivity contribution in [3.8, 4) is 0 Å². The van der Waals surface area contributed by atoms with Crippen LogP contribution in [0.15, 0.2) is 12.2 Å². The predicted molar refractivity (Wildman–Crippen MR) is 87.0 cm³/mol. The van der Waals surface area contributed by atoms with Gasteiger partial charge in [0.05, 0.1) is 6.61 Å². The summed E-state index contributed by atoms with van der Waals surface area (Å²) in [6.07, 6.45) is -7.69. The van der Waals surface area contributed by atoms with Gasteiger partial charge in [-0.05, 0) is 27.7 Å². The van der Waals surface area contributed by atoms with Gasteiger partial charge in [0, 0.05) is 17.5 Å². The van der Waals surface area contributed by atoms with Gasteiger partial charge >= 0.3 is 35.0 Å². The van der Waals surface area contributed by atoms with Gasteiger partial charge in [0.1, 0.15) is 0 Å². The number of esters is 1. The summed E-state index contributed by atoms with van der Waals surface area (Å²) >= 11 is 2.38. The zero-order valence-electron chi connectivity index (χ0n) is 15.3. The molecular formula is C15H20F7NO4S. The molecule has 1 N–H and O–H groups in total. The van der Waals surface area contributed by atoms with E-state index in [-0.39, 0.29) is 0 Å². The van der Waals surface area contributed by atoms with E-state index in [2.05, 4.69) is 28.7 Å². The molecule has 0 aliphatic heterocycles. The van der Waals surface area contributed by atoms with Crippen molar-refractivity contribution in [2.75, 3.05) is 6.61 Å². The lowest BCUT2D eigenvalue weighted by atomic mass is 10.1. The van der Waals surface area contributed by atoms with E-state index in [0.29, 0.717) is 0 Å². The highest BCUT2D eigenvalue weighted by Crippen LogP contribution is 2.41.